The van der Waals surface area contributed by atoms with Gasteiger partial charge in [-0.05, 0) is 32.7 Å². The zero-order valence-electron chi connectivity index (χ0n) is 14.6. The van der Waals surface area contributed by atoms with E-state index in [0.29, 0.717) is 16.9 Å². The minimum atomic E-state index is -0.00719. The zero-order valence-corrected chi connectivity index (χ0v) is 14.6. The van der Waals surface area contributed by atoms with E-state index < -0.39 is 0 Å². The Bertz CT molecular complexity index is 792. The van der Waals surface area contributed by atoms with Gasteiger partial charge in [0, 0.05) is 31.7 Å². The second-order valence-electron chi connectivity index (χ2n) is 7.75. The molecular weight excluding hydrogens is 318 g/mol. The van der Waals surface area contributed by atoms with Gasteiger partial charge in [-0.3, -0.25) is 14.4 Å². The van der Waals surface area contributed by atoms with Crippen molar-refractivity contribution in [3.63, 3.8) is 0 Å². The van der Waals surface area contributed by atoms with Crippen LogP contribution in [0.3, 0.4) is 0 Å². The van der Waals surface area contributed by atoms with Crippen molar-refractivity contribution in [1.82, 2.24) is 29.3 Å². The molecule has 1 spiro atoms. The van der Waals surface area contributed by atoms with Gasteiger partial charge in [0.2, 0.25) is 0 Å². The lowest BCUT2D eigenvalue weighted by molar-refractivity contribution is -0.0172. The van der Waals surface area contributed by atoms with Crippen LogP contribution in [0, 0.1) is 0 Å². The van der Waals surface area contributed by atoms with E-state index in [9.17, 15) is 0 Å². The summed E-state index contributed by atoms with van der Waals surface area (Å²) in [6.07, 6.45) is 8.23. The fourth-order valence-electron chi connectivity index (χ4n) is 4.66. The molecule has 25 heavy (non-hydrogen) atoms. The third-order valence-corrected chi connectivity index (χ3v) is 6.38. The highest BCUT2D eigenvalue weighted by molar-refractivity contribution is 5.81. The number of nitrogens with two attached hydrogens (primary N) is 1. The van der Waals surface area contributed by atoms with Crippen molar-refractivity contribution in [1.29, 1.82) is 0 Å². The predicted octanol–water partition coefficient (Wildman–Crippen LogP) is 0.866. The van der Waals surface area contributed by atoms with E-state index in [2.05, 4.69) is 31.8 Å². The Morgan fingerprint density at radius 2 is 2.12 bits per heavy atom. The van der Waals surface area contributed by atoms with Crippen LogP contribution in [0.1, 0.15) is 31.9 Å². The Morgan fingerprint density at radius 3 is 2.88 bits per heavy atom. The third-order valence-electron chi connectivity index (χ3n) is 6.38. The van der Waals surface area contributed by atoms with E-state index in [1.807, 2.05) is 4.57 Å². The Kier molecular flexibility index (Phi) is 3.48. The Labute approximate surface area is 147 Å². The second kappa shape index (κ2) is 5.62. The number of likely N-dealkylation sites (tertiary alicyclic amines) is 2. The Balaban J connectivity index is 1.25. The van der Waals surface area contributed by atoms with Crippen LogP contribution >= 0.6 is 0 Å². The summed E-state index contributed by atoms with van der Waals surface area (Å²) in [6, 6.07) is 0. The van der Waals surface area contributed by atoms with E-state index >= 15 is 0 Å². The number of fused-ring (bicyclic) bond motifs is 1. The van der Waals surface area contributed by atoms with Crippen LogP contribution in [0.15, 0.2) is 12.7 Å². The maximum Gasteiger partial charge on any atom is 0.167 e. The minimum absolute atomic E-state index is 0.00719. The number of rotatable bonds is 3. The van der Waals surface area contributed by atoms with Crippen molar-refractivity contribution < 1.29 is 4.74 Å². The summed E-state index contributed by atoms with van der Waals surface area (Å²) in [5.41, 5.74) is 7.75. The molecule has 3 saturated heterocycles. The lowest BCUT2D eigenvalue weighted by atomic mass is 9.85. The topological polar surface area (TPSA) is 85.3 Å². The van der Waals surface area contributed by atoms with Crippen molar-refractivity contribution in [3.8, 4) is 0 Å². The molecule has 3 atom stereocenters. The van der Waals surface area contributed by atoms with E-state index in [-0.39, 0.29) is 12.3 Å². The maximum absolute atomic E-state index is 6.33. The summed E-state index contributed by atoms with van der Waals surface area (Å²) in [5, 5.41) is 0. The van der Waals surface area contributed by atoms with E-state index in [0.717, 1.165) is 25.0 Å². The maximum atomic E-state index is 6.33. The van der Waals surface area contributed by atoms with Crippen LogP contribution in [-0.4, -0.2) is 74.2 Å². The number of nitrogens with zero attached hydrogens (tertiary/aromatic N) is 6. The Morgan fingerprint density at radius 1 is 1.24 bits per heavy atom. The fourth-order valence-corrected chi connectivity index (χ4v) is 4.66. The van der Waals surface area contributed by atoms with Gasteiger partial charge in [0.25, 0.3) is 0 Å². The molecule has 3 aliphatic rings. The third kappa shape index (κ3) is 2.43. The van der Waals surface area contributed by atoms with Crippen LogP contribution in [0.25, 0.3) is 11.2 Å². The molecule has 0 bridgehead atoms. The first kappa shape index (κ1) is 15.5. The van der Waals surface area contributed by atoms with Crippen molar-refractivity contribution in [3.05, 3.63) is 12.7 Å². The molecule has 2 N–H and O–H groups in total. The molecule has 8 nitrogen and oxygen atoms in total. The highest BCUT2D eigenvalue weighted by atomic mass is 16.5. The summed E-state index contributed by atoms with van der Waals surface area (Å²) in [7, 11) is 2.26. The number of hydrogen-bond acceptors (Lipinski definition) is 7. The summed E-state index contributed by atoms with van der Waals surface area (Å²) < 4.78 is 8.33. The molecule has 0 saturated carbocycles. The van der Waals surface area contributed by atoms with Gasteiger partial charge in [0.1, 0.15) is 18.1 Å². The summed E-state index contributed by atoms with van der Waals surface area (Å²) in [6.45, 7) is 4.64. The molecule has 0 radical (unpaired) electrons. The summed E-state index contributed by atoms with van der Waals surface area (Å²) >= 11 is 0. The first-order valence-corrected chi connectivity index (χ1v) is 9.17. The second-order valence-corrected chi connectivity index (χ2v) is 7.75. The van der Waals surface area contributed by atoms with E-state index in [1.54, 1.807) is 6.33 Å². The normalized spacial score (nSPS) is 33.5. The van der Waals surface area contributed by atoms with Gasteiger partial charge < -0.3 is 10.5 Å². The molecule has 5 heterocycles. The molecule has 0 amide bonds. The largest absolute Gasteiger partial charge is 0.382 e. The van der Waals surface area contributed by atoms with Gasteiger partial charge in [0.15, 0.2) is 11.5 Å². The SMILES string of the molecule is CN1CCC12CCN(CC1CCC(n3cnc4c(N)ncnc43)O1)C2. The van der Waals surface area contributed by atoms with Crippen LogP contribution < -0.4 is 5.73 Å². The molecule has 3 aliphatic heterocycles. The van der Waals surface area contributed by atoms with Gasteiger partial charge in [-0.15, -0.1) is 0 Å². The van der Waals surface area contributed by atoms with Crippen molar-refractivity contribution in [2.45, 2.75) is 43.6 Å². The monoisotopic (exact) mass is 343 g/mol. The van der Waals surface area contributed by atoms with Crippen LogP contribution in [0.5, 0.6) is 0 Å². The predicted molar refractivity (Wildman–Crippen MR) is 93.9 cm³/mol. The molecule has 8 heteroatoms. The quantitative estimate of drug-likeness (QED) is 0.885. The number of hydrogen-bond donors (Lipinski definition) is 1. The van der Waals surface area contributed by atoms with Gasteiger partial charge in [-0.25, -0.2) is 15.0 Å². The average molecular weight is 343 g/mol. The van der Waals surface area contributed by atoms with Crippen molar-refractivity contribution in [2.24, 2.45) is 0 Å². The molecule has 2 aromatic rings. The smallest absolute Gasteiger partial charge is 0.167 e. The van der Waals surface area contributed by atoms with Crippen molar-refractivity contribution >= 4 is 17.0 Å². The van der Waals surface area contributed by atoms with Crippen molar-refractivity contribution in [2.75, 3.05) is 39.0 Å². The van der Waals surface area contributed by atoms with Crippen LogP contribution in [0.2, 0.25) is 0 Å². The molecular formula is C17H25N7O. The minimum Gasteiger partial charge on any atom is -0.382 e. The molecule has 0 aromatic carbocycles. The molecule has 5 rings (SSSR count). The lowest BCUT2D eigenvalue weighted by Gasteiger charge is -2.48. The molecule has 2 aromatic heterocycles. The van der Waals surface area contributed by atoms with Gasteiger partial charge in [0.05, 0.1) is 12.4 Å². The van der Waals surface area contributed by atoms with Crippen LogP contribution in [-0.2, 0) is 4.74 Å². The van der Waals surface area contributed by atoms with Gasteiger partial charge >= 0.3 is 0 Å². The number of aromatic nitrogens is 4. The summed E-state index contributed by atoms with van der Waals surface area (Å²) in [5.74, 6) is 0.422. The first-order chi connectivity index (χ1) is 12.1. The fraction of sp³-hybridized carbons (Fsp3) is 0.706. The number of anilines is 1. The number of imidazole rings is 1. The van der Waals surface area contributed by atoms with Gasteiger partial charge in [-0.2, -0.15) is 0 Å². The molecule has 134 valence electrons. The number of ether oxygens (including phenoxy) is 1. The van der Waals surface area contributed by atoms with E-state index in [4.69, 9.17) is 10.5 Å². The van der Waals surface area contributed by atoms with E-state index in [1.165, 1.54) is 38.8 Å². The molecule has 0 aliphatic carbocycles. The summed E-state index contributed by atoms with van der Waals surface area (Å²) in [4.78, 5) is 17.8. The molecule has 3 fully saturated rings. The number of nitrogen functional groups attached to an aromatic ring is 1. The first-order valence-electron chi connectivity index (χ1n) is 9.17. The molecule has 3 unspecified atom stereocenters. The highest BCUT2D eigenvalue weighted by Crippen LogP contribution is 2.38. The number of likely N-dealkylation sites (N-methyl/N-ethyl adjacent to an activating group) is 1. The Hall–Kier alpha value is -1.77. The van der Waals surface area contributed by atoms with Gasteiger partial charge in [-0.1, -0.05) is 0 Å². The van der Waals surface area contributed by atoms with Crippen LogP contribution in [0.4, 0.5) is 5.82 Å². The highest BCUT2D eigenvalue weighted by Gasteiger charge is 2.47. The lowest BCUT2D eigenvalue weighted by Crippen LogP contribution is -2.59. The standard InChI is InChI=1S/C17H25N7O/c1-22-6-4-17(22)5-7-23(9-17)8-12-2-3-13(25-12)24-11-21-14-15(18)19-10-20-16(14)24/h10-13H,2-9H2,1H3,(H2,18,19,20). The zero-order chi connectivity index (χ0) is 17.0. The average Bonchev–Trinajstić information content (AvgIpc) is 3.32.